The summed E-state index contributed by atoms with van der Waals surface area (Å²) in [4.78, 5) is 14.1. The van der Waals surface area contributed by atoms with Gasteiger partial charge in [0.25, 0.3) is 5.91 Å². The molecule has 3 rings (SSSR count). The van der Waals surface area contributed by atoms with Gasteiger partial charge in [-0.2, -0.15) is 0 Å². The summed E-state index contributed by atoms with van der Waals surface area (Å²) in [7, 11) is 0. The molecule has 0 N–H and O–H groups in total. The normalized spacial score (nSPS) is 13.6. The largest absolute Gasteiger partial charge is 0.490 e. The van der Waals surface area contributed by atoms with E-state index in [0.29, 0.717) is 30.2 Å². The third-order valence-electron chi connectivity index (χ3n) is 3.33. The molecule has 0 bridgehead atoms. The van der Waals surface area contributed by atoms with E-state index in [1.165, 1.54) is 12.1 Å². The van der Waals surface area contributed by atoms with Gasteiger partial charge in [0.05, 0.1) is 12.2 Å². The van der Waals surface area contributed by atoms with Gasteiger partial charge < -0.3 is 9.64 Å². The van der Waals surface area contributed by atoms with Crippen molar-refractivity contribution in [3.63, 3.8) is 0 Å². The van der Waals surface area contributed by atoms with E-state index in [2.05, 4.69) is 0 Å². The highest BCUT2D eigenvalue weighted by molar-refractivity contribution is 6.07. The van der Waals surface area contributed by atoms with E-state index in [-0.39, 0.29) is 11.7 Å². The molecule has 1 heterocycles. The fourth-order valence-electron chi connectivity index (χ4n) is 2.25. The van der Waals surface area contributed by atoms with Crippen LogP contribution in [0.15, 0.2) is 42.5 Å². The number of hydrogen-bond acceptors (Lipinski definition) is 2. The molecule has 0 aliphatic carbocycles. The summed E-state index contributed by atoms with van der Waals surface area (Å²) in [5, 5.41) is 0. The van der Waals surface area contributed by atoms with Gasteiger partial charge in [-0.25, -0.2) is 4.39 Å². The number of carbonyl (C=O) groups excluding carboxylic acids is 1. The van der Waals surface area contributed by atoms with Crippen molar-refractivity contribution in [2.24, 2.45) is 0 Å². The molecule has 0 spiro atoms. The monoisotopic (exact) mass is 271 g/mol. The average molecular weight is 271 g/mol. The van der Waals surface area contributed by atoms with E-state index in [9.17, 15) is 9.18 Å². The molecular weight excluding hydrogens is 257 g/mol. The second-order valence-corrected chi connectivity index (χ2v) is 4.78. The van der Waals surface area contributed by atoms with Crippen molar-refractivity contribution in [1.82, 2.24) is 0 Å². The zero-order valence-corrected chi connectivity index (χ0v) is 11.1. The highest BCUT2D eigenvalue weighted by Crippen LogP contribution is 2.33. The van der Waals surface area contributed by atoms with E-state index in [0.717, 1.165) is 5.56 Å². The first-order valence-electron chi connectivity index (χ1n) is 6.46. The maximum Gasteiger partial charge on any atom is 0.258 e. The molecule has 2 aromatic rings. The summed E-state index contributed by atoms with van der Waals surface area (Å²) in [5.74, 6) is 0.0224. The number of anilines is 1. The molecule has 0 radical (unpaired) electrons. The zero-order valence-electron chi connectivity index (χ0n) is 11.1. The van der Waals surface area contributed by atoms with Crippen molar-refractivity contribution in [3.8, 4) is 5.75 Å². The molecule has 0 fully saturated rings. The van der Waals surface area contributed by atoms with Crippen molar-refractivity contribution >= 4 is 11.6 Å². The molecule has 1 aliphatic rings. The van der Waals surface area contributed by atoms with Crippen LogP contribution in [0.3, 0.4) is 0 Å². The molecule has 1 aliphatic heterocycles. The third-order valence-corrected chi connectivity index (χ3v) is 3.33. The number of nitrogens with zero attached hydrogens (tertiary/aromatic N) is 1. The molecule has 0 saturated heterocycles. The van der Waals surface area contributed by atoms with Crippen LogP contribution < -0.4 is 9.64 Å². The number of halogens is 1. The molecule has 0 saturated carbocycles. The van der Waals surface area contributed by atoms with Gasteiger partial charge in [-0.3, -0.25) is 4.79 Å². The first kappa shape index (κ1) is 12.7. The second kappa shape index (κ2) is 4.96. The minimum Gasteiger partial charge on any atom is -0.490 e. The molecule has 0 unspecified atom stereocenters. The lowest BCUT2D eigenvalue weighted by Crippen LogP contribution is -2.38. The Kier molecular flexibility index (Phi) is 3.14. The Labute approximate surface area is 116 Å². The van der Waals surface area contributed by atoms with Crippen LogP contribution in [0, 0.1) is 12.7 Å². The first-order chi connectivity index (χ1) is 9.65. The summed E-state index contributed by atoms with van der Waals surface area (Å²) in [6.07, 6.45) is 0. The summed E-state index contributed by atoms with van der Waals surface area (Å²) >= 11 is 0. The molecule has 4 heteroatoms. The Hall–Kier alpha value is -2.36. The van der Waals surface area contributed by atoms with Crippen LogP contribution in [-0.4, -0.2) is 19.1 Å². The molecule has 20 heavy (non-hydrogen) atoms. The smallest absolute Gasteiger partial charge is 0.258 e. The zero-order chi connectivity index (χ0) is 14.1. The third kappa shape index (κ3) is 2.25. The summed E-state index contributed by atoms with van der Waals surface area (Å²) in [6.45, 7) is 2.80. The predicted molar refractivity (Wildman–Crippen MR) is 74.8 cm³/mol. The lowest BCUT2D eigenvalue weighted by molar-refractivity contribution is 0.0976. The fraction of sp³-hybridized carbons (Fsp3) is 0.188. The molecule has 102 valence electrons. The highest BCUT2D eigenvalue weighted by atomic mass is 19.1. The molecule has 3 nitrogen and oxygen atoms in total. The molecule has 0 aromatic heterocycles. The minimum atomic E-state index is -0.379. The standard InChI is InChI=1S/C16H14FNO2/c1-11-2-4-12(5-3-11)16(19)18-8-9-20-15-7-6-13(17)10-14(15)18/h2-7,10H,8-9H2,1H3. The van der Waals surface area contributed by atoms with Crippen molar-refractivity contribution < 1.29 is 13.9 Å². The van der Waals surface area contributed by atoms with Gasteiger partial charge in [0.2, 0.25) is 0 Å². The van der Waals surface area contributed by atoms with Crippen LogP contribution in [-0.2, 0) is 0 Å². The number of fused-ring (bicyclic) bond motifs is 1. The van der Waals surface area contributed by atoms with Gasteiger partial charge in [-0.15, -0.1) is 0 Å². The van der Waals surface area contributed by atoms with Gasteiger partial charge in [0, 0.05) is 11.6 Å². The molecule has 1 amide bonds. The summed E-state index contributed by atoms with van der Waals surface area (Å²) in [5.41, 5.74) is 2.17. The Morgan fingerprint density at radius 2 is 1.95 bits per heavy atom. The van der Waals surface area contributed by atoms with Gasteiger partial charge >= 0.3 is 0 Å². The summed E-state index contributed by atoms with van der Waals surface area (Å²) in [6, 6.07) is 11.6. The van der Waals surface area contributed by atoms with E-state index < -0.39 is 0 Å². The topological polar surface area (TPSA) is 29.5 Å². The van der Waals surface area contributed by atoms with Crippen molar-refractivity contribution in [2.75, 3.05) is 18.1 Å². The number of benzene rings is 2. The Morgan fingerprint density at radius 3 is 2.70 bits per heavy atom. The van der Waals surface area contributed by atoms with Gasteiger partial charge in [-0.05, 0) is 31.2 Å². The maximum atomic E-state index is 13.4. The number of amides is 1. The molecular formula is C16H14FNO2. The summed E-state index contributed by atoms with van der Waals surface area (Å²) < 4.78 is 18.8. The Balaban J connectivity index is 1.97. The van der Waals surface area contributed by atoms with Crippen LogP contribution in [0.25, 0.3) is 0 Å². The Bertz CT molecular complexity index is 652. The quantitative estimate of drug-likeness (QED) is 0.797. The Morgan fingerprint density at radius 1 is 1.20 bits per heavy atom. The van der Waals surface area contributed by atoms with E-state index in [1.807, 2.05) is 19.1 Å². The first-order valence-corrected chi connectivity index (χ1v) is 6.46. The van der Waals surface area contributed by atoms with Gasteiger partial charge in [0.1, 0.15) is 18.2 Å². The highest BCUT2D eigenvalue weighted by Gasteiger charge is 2.25. The SMILES string of the molecule is Cc1ccc(C(=O)N2CCOc3ccc(F)cc32)cc1. The lowest BCUT2D eigenvalue weighted by Gasteiger charge is -2.29. The van der Waals surface area contributed by atoms with Crippen molar-refractivity contribution in [1.29, 1.82) is 0 Å². The average Bonchev–Trinajstić information content (AvgIpc) is 2.46. The lowest BCUT2D eigenvalue weighted by atomic mass is 10.1. The molecule has 0 atom stereocenters. The van der Waals surface area contributed by atoms with E-state index in [4.69, 9.17) is 4.74 Å². The maximum absolute atomic E-state index is 13.4. The number of hydrogen-bond donors (Lipinski definition) is 0. The van der Waals surface area contributed by atoms with Crippen LogP contribution in [0.5, 0.6) is 5.75 Å². The predicted octanol–water partition coefficient (Wildman–Crippen LogP) is 3.17. The van der Waals surface area contributed by atoms with E-state index >= 15 is 0 Å². The number of carbonyl (C=O) groups is 1. The number of ether oxygens (including phenoxy) is 1. The van der Waals surface area contributed by atoms with Crippen LogP contribution in [0.4, 0.5) is 10.1 Å². The second-order valence-electron chi connectivity index (χ2n) is 4.78. The van der Waals surface area contributed by atoms with Crippen LogP contribution in [0.2, 0.25) is 0 Å². The van der Waals surface area contributed by atoms with E-state index in [1.54, 1.807) is 23.1 Å². The minimum absolute atomic E-state index is 0.139. The van der Waals surface area contributed by atoms with Crippen molar-refractivity contribution in [3.05, 3.63) is 59.4 Å². The molecule has 2 aromatic carbocycles. The number of rotatable bonds is 1. The van der Waals surface area contributed by atoms with Crippen LogP contribution in [0.1, 0.15) is 15.9 Å². The van der Waals surface area contributed by atoms with Gasteiger partial charge in [0.15, 0.2) is 0 Å². The van der Waals surface area contributed by atoms with Crippen LogP contribution >= 0.6 is 0 Å². The van der Waals surface area contributed by atoms with Crippen molar-refractivity contribution in [2.45, 2.75) is 6.92 Å². The van der Waals surface area contributed by atoms with Gasteiger partial charge in [-0.1, -0.05) is 17.7 Å². The number of aryl methyl sites for hydroxylation is 1. The fourth-order valence-corrected chi connectivity index (χ4v) is 2.25.